The standard InChI is InChI=1S/C22H35N3O4/c1-5-6-7-8-9-10-15-28-18-13-11-17(12-14-18)19(26)23-24-20(27)22(4)16-29-21(2,3)25-22/h11-14,25H,5-10,15-16H2,1-4H3,(H,23,26)(H,24,27)/t22-/m0/s1. The maximum Gasteiger partial charge on any atom is 0.269 e. The minimum absolute atomic E-state index is 0.229. The second-order valence-corrected chi connectivity index (χ2v) is 8.30. The Morgan fingerprint density at radius 2 is 1.69 bits per heavy atom. The summed E-state index contributed by atoms with van der Waals surface area (Å²) in [6, 6.07) is 6.90. The molecule has 0 bridgehead atoms. The molecular formula is C22H35N3O4. The van der Waals surface area contributed by atoms with E-state index in [4.69, 9.17) is 9.47 Å². The van der Waals surface area contributed by atoms with Gasteiger partial charge >= 0.3 is 0 Å². The average molecular weight is 406 g/mol. The summed E-state index contributed by atoms with van der Waals surface area (Å²) >= 11 is 0. The van der Waals surface area contributed by atoms with Gasteiger partial charge in [0, 0.05) is 5.56 Å². The Morgan fingerprint density at radius 3 is 2.31 bits per heavy atom. The van der Waals surface area contributed by atoms with E-state index in [0.717, 1.165) is 12.2 Å². The van der Waals surface area contributed by atoms with Crippen LogP contribution < -0.4 is 20.9 Å². The van der Waals surface area contributed by atoms with Gasteiger partial charge in [-0.15, -0.1) is 0 Å². The molecule has 0 aliphatic carbocycles. The number of benzene rings is 1. The van der Waals surface area contributed by atoms with E-state index < -0.39 is 11.3 Å². The van der Waals surface area contributed by atoms with Gasteiger partial charge in [-0.05, 0) is 51.5 Å². The van der Waals surface area contributed by atoms with Crippen LogP contribution in [0.3, 0.4) is 0 Å². The first kappa shape index (κ1) is 23.2. The van der Waals surface area contributed by atoms with Crippen molar-refractivity contribution in [2.45, 2.75) is 77.5 Å². The lowest BCUT2D eigenvalue weighted by molar-refractivity contribution is -0.127. The smallest absolute Gasteiger partial charge is 0.269 e. The molecule has 3 N–H and O–H groups in total. The third kappa shape index (κ3) is 7.33. The number of amides is 2. The molecule has 29 heavy (non-hydrogen) atoms. The summed E-state index contributed by atoms with van der Waals surface area (Å²) in [6.45, 7) is 8.55. The van der Waals surface area contributed by atoms with E-state index in [-0.39, 0.29) is 18.4 Å². The van der Waals surface area contributed by atoms with Crippen molar-refractivity contribution < 1.29 is 19.1 Å². The van der Waals surface area contributed by atoms with Crippen LogP contribution in [0.15, 0.2) is 24.3 Å². The Labute approximate surface area is 173 Å². The average Bonchev–Trinajstić information content (AvgIpc) is 2.99. The van der Waals surface area contributed by atoms with Crippen molar-refractivity contribution in [2.75, 3.05) is 13.2 Å². The number of carbonyl (C=O) groups excluding carboxylic acids is 2. The normalized spacial score (nSPS) is 20.3. The number of rotatable bonds is 10. The molecule has 1 aliphatic rings. The molecule has 1 aromatic rings. The second kappa shape index (κ2) is 10.6. The molecular weight excluding hydrogens is 370 g/mol. The summed E-state index contributed by atoms with van der Waals surface area (Å²) in [5, 5.41) is 3.11. The molecule has 2 rings (SSSR count). The summed E-state index contributed by atoms with van der Waals surface area (Å²) in [5.74, 6) is -0.000828. The molecule has 0 aromatic heterocycles. The van der Waals surface area contributed by atoms with Gasteiger partial charge in [-0.1, -0.05) is 39.0 Å². The third-order valence-corrected chi connectivity index (χ3v) is 4.97. The predicted octanol–water partition coefficient (Wildman–Crippen LogP) is 3.30. The zero-order chi connectivity index (χ0) is 21.3. The number of carbonyl (C=O) groups is 2. The van der Waals surface area contributed by atoms with E-state index in [1.165, 1.54) is 32.1 Å². The van der Waals surface area contributed by atoms with Crippen molar-refractivity contribution in [3.63, 3.8) is 0 Å². The van der Waals surface area contributed by atoms with Crippen LogP contribution in [0, 0.1) is 0 Å². The van der Waals surface area contributed by atoms with Crippen LogP contribution in [0.5, 0.6) is 5.75 Å². The van der Waals surface area contributed by atoms with E-state index in [2.05, 4.69) is 23.1 Å². The van der Waals surface area contributed by atoms with Gasteiger partial charge in [-0.3, -0.25) is 25.8 Å². The number of unbranched alkanes of at least 4 members (excludes halogenated alkanes) is 5. The topological polar surface area (TPSA) is 88.7 Å². The lowest BCUT2D eigenvalue weighted by atomic mass is 10.0. The van der Waals surface area contributed by atoms with Crippen LogP contribution in [-0.4, -0.2) is 36.3 Å². The van der Waals surface area contributed by atoms with Crippen LogP contribution >= 0.6 is 0 Å². The Hall–Kier alpha value is -2.12. The molecule has 162 valence electrons. The van der Waals surface area contributed by atoms with Crippen molar-refractivity contribution in [1.29, 1.82) is 0 Å². The summed E-state index contributed by atoms with van der Waals surface area (Å²) in [5.41, 5.74) is 3.88. The maximum absolute atomic E-state index is 12.4. The highest BCUT2D eigenvalue weighted by Gasteiger charge is 2.45. The molecule has 2 amide bonds. The SMILES string of the molecule is CCCCCCCCOc1ccc(C(=O)NNC(=O)[C@]2(C)COC(C)(C)N2)cc1. The van der Waals surface area contributed by atoms with Crippen LogP contribution in [0.25, 0.3) is 0 Å². The van der Waals surface area contributed by atoms with Crippen LogP contribution in [-0.2, 0) is 9.53 Å². The van der Waals surface area contributed by atoms with Gasteiger partial charge in [0.25, 0.3) is 11.8 Å². The number of hydrazine groups is 1. The highest BCUT2D eigenvalue weighted by Crippen LogP contribution is 2.22. The van der Waals surface area contributed by atoms with Crippen molar-refractivity contribution in [3.8, 4) is 5.75 Å². The number of ether oxygens (including phenoxy) is 2. The van der Waals surface area contributed by atoms with E-state index in [1.54, 1.807) is 31.2 Å². The molecule has 1 saturated heterocycles. The first-order chi connectivity index (χ1) is 13.8. The van der Waals surface area contributed by atoms with Gasteiger partial charge in [0.15, 0.2) is 0 Å². The minimum Gasteiger partial charge on any atom is -0.494 e. The molecule has 7 heteroatoms. The number of hydrogen-bond donors (Lipinski definition) is 3. The highest BCUT2D eigenvalue weighted by atomic mass is 16.5. The molecule has 1 heterocycles. The van der Waals surface area contributed by atoms with Crippen molar-refractivity contribution in [3.05, 3.63) is 29.8 Å². The zero-order valence-electron chi connectivity index (χ0n) is 18.1. The fourth-order valence-corrected chi connectivity index (χ4v) is 3.28. The molecule has 0 radical (unpaired) electrons. The molecule has 1 aliphatic heterocycles. The summed E-state index contributed by atoms with van der Waals surface area (Å²) in [4.78, 5) is 24.7. The fourth-order valence-electron chi connectivity index (χ4n) is 3.28. The summed E-state index contributed by atoms with van der Waals surface area (Å²) in [7, 11) is 0. The van der Waals surface area contributed by atoms with Gasteiger partial charge < -0.3 is 9.47 Å². The highest BCUT2D eigenvalue weighted by molar-refractivity contribution is 5.96. The largest absolute Gasteiger partial charge is 0.494 e. The number of nitrogens with one attached hydrogen (secondary N) is 3. The van der Waals surface area contributed by atoms with E-state index >= 15 is 0 Å². The number of hydrogen-bond acceptors (Lipinski definition) is 5. The van der Waals surface area contributed by atoms with E-state index in [9.17, 15) is 9.59 Å². The monoisotopic (exact) mass is 405 g/mol. The second-order valence-electron chi connectivity index (χ2n) is 8.30. The zero-order valence-corrected chi connectivity index (χ0v) is 18.1. The first-order valence-corrected chi connectivity index (χ1v) is 10.5. The minimum atomic E-state index is -0.898. The fraction of sp³-hybridized carbons (Fsp3) is 0.636. The molecule has 1 atom stereocenters. The molecule has 7 nitrogen and oxygen atoms in total. The Balaban J connectivity index is 1.71. The van der Waals surface area contributed by atoms with Crippen LogP contribution in [0.2, 0.25) is 0 Å². The molecule has 0 spiro atoms. The first-order valence-electron chi connectivity index (χ1n) is 10.5. The van der Waals surface area contributed by atoms with Crippen LogP contribution in [0.1, 0.15) is 76.6 Å². The maximum atomic E-state index is 12.4. The van der Waals surface area contributed by atoms with Gasteiger partial charge in [0.05, 0.1) is 13.2 Å². The van der Waals surface area contributed by atoms with E-state index in [0.29, 0.717) is 12.2 Å². The molecule has 1 fully saturated rings. The van der Waals surface area contributed by atoms with Gasteiger partial charge in [0.1, 0.15) is 17.0 Å². The van der Waals surface area contributed by atoms with Crippen LogP contribution in [0.4, 0.5) is 0 Å². The van der Waals surface area contributed by atoms with E-state index in [1.807, 2.05) is 13.8 Å². The van der Waals surface area contributed by atoms with Crippen molar-refractivity contribution >= 4 is 11.8 Å². The molecule has 1 aromatic carbocycles. The molecule has 0 unspecified atom stereocenters. The Morgan fingerprint density at radius 1 is 1.03 bits per heavy atom. The van der Waals surface area contributed by atoms with Crippen molar-refractivity contribution in [1.82, 2.24) is 16.2 Å². The lowest BCUT2D eigenvalue weighted by Gasteiger charge is -2.25. The quantitative estimate of drug-likeness (QED) is 0.411. The Bertz CT molecular complexity index is 675. The molecule has 0 saturated carbocycles. The summed E-state index contributed by atoms with van der Waals surface area (Å²) in [6.07, 6.45) is 7.30. The van der Waals surface area contributed by atoms with Gasteiger partial charge in [0.2, 0.25) is 0 Å². The van der Waals surface area contributed by atoms with Crippen molar-refractivity contribution in [2.24, 2.45) is 0 Å². The van der Waals surface area contributed by atoms with Gasteiger partial charge in [-0.2, -0.15) is 0 Å². The lowest BCUT2D eigenvalue weighted by Crippen LogP contribution is -2.59. The third-order valence-electron chi connectivity index (χ3n) is 4.97. The predicted molar refractivity (Wildman–Crippen MR) is 112 cm³/mol. The summed E-state index contributed by atoms with van der Waals surface area (Å²) < 4.78 is 11.3. The van der Waals surface area contributed by atoms with Gasteiger partial charge in [-0.25, -0.2) is 0 Å². The Kier molecular flexibility index (Phi) is 8.46.